The van der Waals surface area contributed by atoms with Gasteiger partial charge in [0.1, 0.15) is 5.82 Å². The van der Waals surface area contributed by atoms with E-state index in [1.165, 1.54) is 0 Å². The number of fused-ring (bicyclic) bond motifs is 1. The number of carbonyl (C=O) groups is 1. The van der Waals surface area contributed by atoms with Crippen LogP contribution < -0.4 is 10.6 Å². The molecule has 0 radical (unpaired) electrons. The molecule has 1 aromatic heterocycles. The van der Waals surface area contributed by atoms with Crippen LogP contribution in [0.25, 0.3) is 11.0 Å². The number of para-hydroxylation sites is 2. The first-order chi connectivity index (χ1) is 9.81. The minimum Gasteiger partial charge on any atom is -0.349 e. The summed E-state index contributed by atoms with van der Waals surface area (Å²) in [4.78, 5) is 19.5. The number of nitrogens with one attached hydrogen (secondary N) is 3. The second-order valence-corrected chi connectivity index (χ2v) is 6.06. The SMILES string of the molecule is O=C(CC1CSCCN1)NCc1nc2ccccc2[nH]1. The number of carbonyl (C=O) groups excluding carboxylic acids is 1. The molecule has 1 atom stereocenters. The van der Waals surface area contributed by atoms with Crippen molar-refractivity contribution in [2.24, 2.45) is 0 Å². The van der Waals surface area contributed by atoms with Crippen molar-refractivity contribution < 1.29 is 4.79 Å². The summed E-state index contributed by atoms with van der Waals surface area (Å²) in [5.41, 5.74) is 1.93. The van der Waals surface area contributed by atoms with Crippen LogP contribution in [0.4, 0.5) is 0 Å². The second kappa shape index (κ2) is 6.28. The first kappa shape index (κ1) is 13.5. The van der Waals surface area contributed by atoms with Crippen molar-refractivity contribution in [1.29, 1.82) is 0 Å². The van der Waals surface area contributed by atoms with Gasteiger partial charge in [0.15, 0.2) is 0 Å². The zero-order chi connectivity index (χ0) is 13.8. The molecule has 0 aliphatic carbocycles. The Morgan fingerprint density at radius 3 is 3.15 bits per heavy atom. The van der Waals surface area contributed by atoms with Gasteiger partial charge in [0, 0.05) is 30.5 Å². The molecule has 2 aromatic rings. The fourth-order valence-corrected chi connectivity index (χ4v) is 3.27. The Balaban J connectivity index is 1.51. The monoisotopic (exact) mass is 290 g/mol. The highest BCUT2D eigenvalue weighted by atomic mass is 32.2. The highest BCUT2D eigenvalue weighted by molar-refractivity contribution is 7.99. The van der Waals surface area contributed by atoms with Crippen molar-refractivity contribution in [2.45, 2.75) is 19.0 Å². The van der Waals surface area contributed by atoms with E-state index in [-0.39, 0.29) is 5.91 Å². The molecular weight excluding hydrogens is 272 g/mol. The van der Waals surface area contributed by atoms with E-state index in [1.54, 1.807) is 0 Å². The smallest absolute Gasteiger partial charge is 0.221 e. The van der Waals surface area contributed by atoms with Gasteiger partial charge >= 0.3 is 0 Å². The van der Waals surface area contributed by atoms with Gasteiger partial charge in [0.05, 0.1) is 17.6 Å². The number of aromatic nitrogens is 2. The second-order valence-electron chi connectivity index (χ2n) is 4.91. The Morgan fingerprint density at radius 2 is 2.35 bits per heavy atom. The number of imidazole rings is 1. The van der Waals surface area contributed by atoms with Crippen molar-refractivity contribution in [3.05, 3.63) is 30.1 Å². The van der Waals surface area contributed by atoms with Crippen LogP contribution >= 0.6 is 11.8 Å². The fraction of sp³-hybridized carbons (Fsp3) is 0.429. The van der Waals surface area contributed by atoms with Crippen LogP contribution in [0.2, 0.25) is 0 Å². The van der Waals surface area contributed by atoms with E-state index < -0.39 is 0 Å². The summed E-state index contributed by atoms with van der Waals surface area (Å²) in [6.07, 6.45) is 0.535. The van der Waals surface area contributed by atoms with Gasteiger partial charge in [0.25, 0.3) is 0 Å². The number of thioether (sulfide) groups is 1. The molecule has 1 saturated heterocycles. The molecule has 1 aromatic carbocycles. The largest absolute Gasteiger partial charge is 0.349 e. The minimum absolute atomic E-state index is 0.0745. The van der Waals surface area contributed by atoms with Crippen LogP contribution in [-0.4, -0.2) is 40.0 Å². The number of nitrogens with zero attached hydrogens (tertiary/aromatic N) is 1. The summed E-state index contributed by atoms with van der Waals surface area (Å²) >= 11 is 1.90. The van der Waals surface area contributed by atoms with E-state index in [2.05, 4.69) is 20.6 Å². The summed E-state index contributed by atoms with van der Waals surface area (Å²) in [6, 6.07) is 8.16. The molecule has 1 fully saturated rings. The Kier molecular flexibility index (Phi) is 4.22. The summed E-state index contributed by atoms with van der Waals surface area (Å²) in [5.74, 6) is 3.02. The maximum atomic E-state index is 11.9. The lowest BCUT2D eigenvalue weighted by Gasteiger charge is -2.22. The van der Waals surface area contributed by atoms with Crippen LogP contribution in [0.1, 0.15) is 12.2 Å². The van der Waals surface area contributed by atoms with E-state index in [0.717, 1.165) is 34.9 Å². The van der Waals surface area contributed by atoms with Crippen LogP contribution in [0.3, 0.4) is 0 Å². The third kappa shape index (κ3) is 3.32. The highest BCUT2D eigenvalue weighted by Crippen LogP contribution is 2.11. The van der Waals surface area contributed by atoms with Crippen molar-refractivity contribution in [3.63, 3.8) is 0 Å². The van der Waals surface area contributed by atoms with Gasteiger partial charge in [0.2, 0.25) is 5.91 Å². The number of aromatic amines is 1. The molecule has 1 amide bonds. The van der Waals surface area contributed by atoms with Crippen molar-refractivity contribution in [2.75, 3.05) is 18.1 Å². The number of rotatable bonds is 4. The number of H-pyrrole nitrogens is 1. The Morgan fingerprint density at radius 1 is 1.45 bits per heavy atom. The average Bonchev–Trinajstić information content (AvgIpc) is 2.89. The van der Waals surface area contributed by atoms with Crippen LogP contribution in [0, 0.1) is 0 Å². The Bertz CT molecular complexity index is 559. The first-order valence-corrected chi connectivity index (χ1v) is 7.98. The minimum atomic E-state index is 0.0745. The number of hydrogen-bond donors (Lipinski definition) is 3. The molecule has 1 aliphatic rings. The molecule has 0 bridgehead atoms. The molecule has 3 N–H and O–H groups in total. The van der Waals surface area contributed by atoms with Gasteiger partial charge in [-0.1, -0.05) is 12.1 Å². The van der Waals surface area contributed by atoms with Gasteiger partial charge in [-0.2, -0.15) is 11.8 Å². The maximum absolute atomic E-state index is 11.9. The van der Waals surface area contributed by atoms with Crippen LogP contribution in [0.15, 0.2) is 24.3 Å². The van der Waals surface area contributed by atoms with E-state index in [4.69, 9.17) is 0 Å². The molecule has 0 spiro atoms. The van der Waals surface area contributed by atoms with Gasteiger partial charge in [-0.3, -0.25) is 4.79 Å². The molecule has 3 rings (SSSR count). The predicted octanol–water partition coefficient (Wildman–Crippen LogP) is 1.27. The standard InChI is InChI=1S/C14H18N4OS/c19-14(7-10-9-20-6-5-15-10)16-8-13-17-11-3-1-2-4-12(11)18-13/h1-4,10,15H,5-9H2,(H,16,19)(H,17,18). The number of hydrogen-bond acceptors (Lipinski definition) is 4. The summed E-state index contributed by atoms with van der Waals surface area (Å²) in [5, 5.41) is 6.29. The third-order valence-electron chi connectivity index (χ3n) is 3.32. The fourth-order valence-electron chi connectivity index (χ4n) is 2.32. The molecule has 20 heavy (non-hydrogen) atoms. The molecule has 5 nitrogen and oxygen atoms in total. The highest BCUT2D eigenvalue weighted by Gasteiger charge is 2.16. The normalized spacial score (nSPS) is 19.1. The van der Waals surface area contributed by atoms with E-state index in [1.807, 2.05) is 36.0 Å². The molecule has 1 unspecified atom stereocenters. The lowest BCUT2D eigenvalue weighted by atomic mass is 10.2. The van der Waals surface area contributed by atoms with E-state index in [0.29, 0.717) is 19.0 Å². The van der Waals surface area contributed by atoms with Gasteiger partial charge < -0.3 is 15.6 Å². The third-order valence-corrected chi connectivity index (χ3v) is 4.45. The molecule has 1 aliphatic heterocycles. The van der Waals surface area contributed by atoms with Crippen LogP contribution in [0.5, 0.6) is 0 Å². The van der Waals surface area contributed by atoms with Crippen LogP contribution in [-0.2, 0) is 11.3 Å². The summed E-state index contributed by atoms with van der Waals surface area (Å²) in [6.45, 7) is 1.44. The number of benzene rings is 1. The molecule has 0 saturated carbocycles. The topological polar surface area (TPSA) is 69.8 Å². The van der Waals surface area contributed by atoms with Gasteiger partial charge in [-0.25, -0.2) is 4.98 Å². The number of amides is 1. The van der Waals surface area contributed by atoms with E-state index in [9.17, 15) is 4.79 Å². The predicted molar refractivity (Wildman–Crippen MR) is 81.7 cm³/mol. The van der Waals surface area contributed by atoms with Gasteiger partial charge in [-0.05, 0) is 12.1 Å². The lowest BCUT2D eigenvalue weighted by Crippen LogP contribution is -2.41. The van der Waals surface area contributed by atoms with Crippen molar-refractivity contribution in [1.82, 2.24) is 20.6 Å². The lowest BCUT2D eigenvalue weighted by molar-refractivity contribution is -0.121. The summed E-state index contributed by atoms with van der Waals surface area (Å²) in [7, 11) is 0. The van der Waals surface area contributed by atoms with Crippen molar-refractivity contribution >= 4 is 28.7 Å². The average molecular weight is 290 g/mol. The maximum Gasteiger partial charge on any atom is 0.221 e. The van der Waals surface area contributed by atoms with E-state index >= 15 is 0 Å². The quantitative estimate of drug-likeness (QED) is 0.793. The zero-order valence-electron chi connectivity index (χ0n) is 11.2. The van der Waals surface area contributed by atoms with Gasteiger partial charge in [-0.15, -0.1) is 0 Å². The first-order valence-electron chi connectivity index (χ1n) is 6.83. The molecule has 6 heteroatoms. The zero-order valence-corrected chi connectivity index (χ0v) is 12.0. The molecule has 106 valence electrons. The molecular formula is C14H18N4OS. The van der Waals surface area contributed by atoms with Crippen molar-refractivity contribution in [3.8, 4) is 0 Å². The summed E-state index contributed by atoms with van der Waals surface area (Å²) < 4.78 is 0. The molecule has 2 heterocycles. The Labute approximate surface area is 121 Å². The Hall–Kier alpha value is -1.53.